The summed E-state index contributed by atoms with van der Waals surface area (Å²) in [6.45, 7) is 1.48. The summed E-state index contributed by atoms with van der Waals surface area (Å²) in [4.78, 5) is 4.25. The smallest absolute Gasteiger partial charge is 0.201 e. The van der Waals surface area contributed by atoms with Gasteiger partial charge in [0.2, 0.25) is 5.79 Å². The first-order valence-electron chi connectivity index (χ1n) is 9.14. The van der Waals surface area contributed by atoms with Crippen LogP contribution in [0.25, 0.3) is 0 Å². The molecule has 2 aliphatic rings. The van der Waals surface area contributed by atoms with Crippen molar-refractivity contribution >= 4 is 5.69 Å². The van der Waals surface area contributed by atoms with E-state index in [4.69, 9.17) is 9.47 Å². The Balaban J connectivity index is 1.93. The van der Waals surface area contributed by atoms with E-state index in [1.165, 1.54) is 11.4 Å². The van der Waals surface area contributed by atoms with Crippen molar-refractivity contribution in [2.24, 2.45) is 5.92 Å². The number of likely N-dealkylation sites (N-methyl/N-ethyl adjacent to an activating group) is 1. The molecule has 1 aromatic rings. The van der Waals surface area contributed by atoms with Crippen LogP contribution in [-0.4, -0.2) is 46.3 Å². The summed E-state index contributed by atoms with van der Waals surface area (Å²) >= 11 is 0. The van der Waals surface area contributed by atoms with E-state index in [0.717, 1.165) is 38.0 Å². The summed E-state index contributed by atoms with van der Waals surface area (Å²) in [6.07, 6.45) is 9.72. The highest BCUT2D eigenvalue weighted by Gasteiger charge is 2.43. The molecule has 0 radical (unpaired) electrons. The molecule has 1 saturated heterocycles. The lowest BCUT2D eigenvalue weighted by molar-refractivity contribution is -0.258. The van der Waals surface area contributed by atoms with Gasteiger partial charge in [-0.05, 0) is 37.5 Å². The van der Waals surface area contributed by atoms with Gasteiger partial charge in [-0.1, -0.05) is 24.3 Å². The Morgan fingerprint density at radius 1 is 0.920 bits per heavy atom. The lowest BCUT2D eigenvalue weighted by atomic mass is 9.85. The molecule has 1 heterocycles. The van der Waals surface area contributed by atoms with Gasteiger partial charge >= 0.3 is 0 Å². The largest absolute Gasteiger partial charge is 0.378 e. The molecule has 1 unspecified atom stereocenters. The molecule has 1 atom stereocenters. The number of rotatable bonds is 4. The van der Waals surface area contributed by atoms with Crippen LogP contribution in [0.4, 0.5) is 5.69 Å². The zero-order chi connectivity index (χ0) is 17.9. The lowest BCUT2D eigenvalue weighted by Gasteiger charge is -2.39. The van der Waals surface area contributed by atoms with Crippen molar-refractivity contribution in [3.8, 4) is 0 Å². The number of anilines is 1. The number of hydrogen-bond donors (Lipinski definition) is 0. The van der Waals surface area contributed by atoms with E-state index in [2.05, 4.69) is 80.5 Å². The molecule has 4 heteroatoms. The Labute approximate surface area is 151 Å². The van der Waals surface area contributed by atoms with Gasteiger partial charge in [-0.15, -0.1) is 0 Å². The van der Waals surface area contributed by atoms with E-state index < -0.39 is 5.79 Å². The first-order chi connectivity index (χ1) is 12.0. The Bertz CT molecular complexity index is 624. The normalized spacial score (nSPS) is 22.9. The van der Waals surface area contributed by atoms with Crippen molar-refractivity contribution < 1.29 is 9.47 Å². The first-order valence-corrected chi connectivity index (χ1v) is 9.14. The van der Waals surface area contributed by atoms with Crippen LogP contribution in [0.2, 0.25) is 0 Å². The van der Waals surface area contributed by atoms with Gasteiger partial charge in [-0.2, -0.15) is 0 Å². The summed E-state index contributed by atoms with van der Waals surface area (Å²) in [5.41, 5.74) is 3.53. The van der Waals surface area contributed by atoms with Gasteiger partial charge in [0.25, 0.3) is 0 Å². The van der Waals surface area contributed by atoms with Gasteiger partial charge in [-0.3, -0.25) is 0 Å². The fourth-order valence-electron chi connectivity index (χ4n) is 3.50. The molecule has 0 amide bonds. The van der Waals surface area contributed by atoms with Crippen molar-refractivity contribution in [3.63, 3.8) is 0 Å². The lowest BCUT2D eigenvalue weighted by Crippen LogP contribution is -2.40. The van der Waals surface area contributed by atoms with Crippen molar-refractivity contribution in [3.05, 3.63) is 53.8 Å². The third-order valence-electron chi connectivity index (χ3n) is 5.04. The molecular formula is C21H30N2O2. The van der Waals surface area contributed by atoms with Crippen LogP contribution in [-0.2, 0) is 15.3 Å². The summed E-state index contributed by atoms with van der Waals surface area (Å²) in [6, 6.07) is 8.59. The second kappa shape index (κ2) is 7.63. The average molecular weight is 342 g/mol. The predicted octanol–water partition coefficient (Wildman–Crippen LogP) is 3.75. The van der Waals surface area contributed by atoms with Crippen molar-refractivity contribution in [1.29, 1.82) is 0 Å². The van der Waals surface area contributed by atoms with E-state index in [9.17, 15) is 0 Å². The maximum Gasteiger partial charge on any atom is 0.201 e. The van der Waals surface area contributed by atoms with Gasteiger partial charge in [0.15, 0.2) is 0 Å². The zero-order valence-corrected chi connectivity index (χ0v) is 15.9. The fraction of sp³-hybridized carbons (Fsp3) is 0.524. The minimum atomic E-state index is -0.688. The summed E-state index contributed by atoms with van der Waals surface area (Å²) < 4.78 is 12.8. The Kier molecular flexibility index (Phi) is 5.50. The van der Waals surface area contributed by atoms with E-state index in [0.29, 0.717) is 0 Å². The Morgan fingerprint density at radius 3 is 2.04 bits per heavy atom. The molecule has 1 aliphatic carbocycles. The van der Waals surface area contributed by atoms with Crippen LogP contribution >= 0.6 is 0 Å². The third kappa shape index (κ3) is 3.75. The molecule has 0 saturated carbocycles. The number of allylic oxidation sites excluding steroid dienone is 2. The second-order valence-corrected chi connectivity index (χ2v) is 7.24. The SMILES string of the molecule is CN(C)C1=CCC(C2(c3ccc(N(C)C)cc3)OCCCCO2)C=C1. The van der Waals surface area contributed by atoms with Crippen LogP contribution in [0, 0.1) is 5.92 Å². The molecule has 0 spiro atoms. The molecular weight excluding hydrogens is 312 g/mol. The number of hydrogen-bond acceptors (Lipinski definition) is 4. The minimum absolute atomic E-state index is 0.180. The molecule has 1 aliphatic heterocycles. The van der Waals surface area contributed by atoms with Gasteiger partial charge < -0.3 is 19.3 Å². The van der Waals surface area contributed by atoms with Gasteiger partial charge in [0, 0.05) is 51.1 Å². The number of benzene rings is 1. The van der Waals surface area contributed by atoms with E-state index in [1.54, 1.807) is 0 Å². The topological polar surface area (TPSA) is 24.9 Å². The van der Waals surface area contributed by atoms with Crippen molar-refractivity contribution in [1.82, 2.24) is 4.90 Å². The van der Waals surface area contributed by atoms with Crippen LogP contribution in [0.15, 0.2) is 48.2 Å². The van der Waals surface area contributed by atoms with Crippen molar-refractivity contribution in [2.45, 2.75) is 25.0 Å². The Morgan fingerprint density at radius 2 is 1.56 bits per heavy atom. The molecule has 136 valence electrons. The van der Waals surface area contributed by atoms with Crippen molar-refractivity contribution in [2.75, 3.05) is 46.3 Å². The standard InChI is InChI=1S/C21H30N2O2/c1-22(2)19-11-7-17(8-12-19)21(24-15-5-6-16-25-21)18-9-13-20(14-10-18)23(3)4/h7-9,11-14,18H,5-6,10,15-16H2,1-4H3. The summed E-state index contributed by atoms with van der Waals surface area (Å²) in [5, 5.41) is 0. The maximum absolute atomic E-state index is 6.38. The monoisotopic (exact) mass is 342 g/mol. The van der Waals surface area contributed by atoms with Crippen LogP contribution < -0.4 is 4.90 Å². The van der Waals surface area contributed by atoms with Gasteiger partial charge in [0.1, 0.15) is 0 Å². The minimum Gasteiger partial charge on any atom is -0.378 e. The van der Waals surface area contributed by atoms with Gasteiger partial charge in [0.05, 0.1) is 13.2 Å². The van der Waals surface area contributed by atoms with E-state index in [1.807, 2.05) is 0 Å². The highest BCUT2D eigenvalue weighted by Crippen LogP contribution is 2.42. The zero-order valence-electron chi connectivity index (χ0n) is 15.9. The van der Waals surface area contributed by atoms with E-state index in [-0.39, 0.29) is 5.92 Å². The first kappa shape index (κ1) is 18.0. The summed E-state index contributed by atoms with van der Waals surface area (Å²) in [7, 11) is 8.26. The van der Waals surface area contributed by atoms with Crippen LogP contribution in [0.5, 0.6) is 0 Å². The highest BCUT2D eigenvalue weighted by atomic mass is 16.7. The predicted molar refractivity (Wildman–Crippen MR) is 103 cm³/mol. The second-order valence-electron chi connectivity index (χ2n) is 7.24. The molecule has 1 aromatic carbocycles. The van der Waals surface area contributed by atoms with Gasteiger partial charge in [-0.25, -0.2) is 0 Å². The molecule has 1 fully saturated rings. The quantitative estimate of drug-likeness (QED) is 0.832. The molecule has 25 heavy (non-hydrogen) atoms. The average Bonchev–Trinajstić information content (AvgIpc) is 2.89. The summed E-state index contributed by atoms with van der Waals surface area (Å²) in [5.74, 6) is -0.508. The van der Waals surface area contributed by atoms with Crippen LogP contribution in [0.1, 0.15) is 24.8 Å². The Hall–Kier alpha value is -1.78. The number of ether oxygens (including phenoxy) is 2. The molecule has 0 aromatic heterocycles. The molecule has 4 nitrogen and oxygen atoms in total. The molecule has 3 rings (SSSR count). The highest BCUT2D eigenvalue weighted by molar-refractivity contribution is 5.47. The fourth-order valence-corrected chi connectivity index (χ4v) is 3.50. The maximum atomic E-state index is 6.38. The third-order valence-corrected chi connectivity index (χ3v) is 5.04. The molecule has 0 N–H and O–H groups in total. The number of nitrogens with zero attached hydrogens (tertiary/aromatic N) is 2. The van der Waals surface area contributed by atoms with Crippen LogP contribution in [0.3, 0.4) is 0 Å². The molecule has 0 bridgehead atoms. The van der Waals surface area contributed by atoms with E-state index >= 15 is 0 Å².